The summed E-state index contributed by atoms with van der Waals surface area (Å²) >= 11 is 3.48. The number of carbonyl (C=O) groups excluding carboxylic acids is 1. The highest BCUT2D eigenvalue weighted by Gasteiger charge is 2.04. The summed E-state index contributed by atoms with van der Waals surface area (Å²) in [7, 11) is 0. The van der Waals surface area contributed by atoms with E-state index in [1.165, 1.54) is 0 Å². The van der Waals surface area contributed by atoms with Crippen molar-refractivity contribution >= 4 is 22.2 Å². The Morgan fingerprint density at radius 2 is 1.82 bits per heavy atom. The van der Waals surface area contributed by atoms with Crippen molar-refractivity contribution in [3.05, 3.63) is 58.1 Å². The quantitative estimate of drug-likeness (QED) is 0.785. The van der Waals surface area contributed by atoms with E-state index in [9.17, 15) is 4.79 Å². The van der Waals surface area contributed by atoms with Gasteiger partial charge in [0.1, 0.15) is 17.8 Å². The standard InChI is InChI=1S/C14H11BrO2/c1-10-3-2-4-13(14(10)15)17-12-7-5-11(9-16)6-8-12/h2-9H,1H3. The minimum absolute atomic E-state index is 0.639. The van der Waals surface area contributed by atoms with Gasteiger partial charge in [0, 0.05) is 5.56 Å². The van der Waals surface area contributed by atoms with Crippen LogP contribution in [0.1, 0.15) is 15.9 Å². The molecule has 2 rings (SSSR count). The van der Waals surface area contributed by atoms with E-state index in [1.807, 2.05) is 25.1 Å². The van der Waals surface area contributed by atoms with Crippen LogP contribution in [0.4, 0.5) is 0 Å². The van der Waals surface area contributed by atoms with E-state index in [1.54, 1.807) is 24.3 Å². The van der Waals surface area contributed by atoms with Gasteiger partial charge in [0.2, 0.25) is 0 Å². The van der Waals surface area contributed by atoms with Gasteiger partial charge in [-0.2, -0.15) is 0 Å². The van der Waals surface area contributed by atoms with Crippen molar-refractivity contribution in [2.45, 2.75) is 6.92 Å². The fourth-order valence-corrected chi connectivity index (χ4v) is 1.79. The van der Waals surface area contributed by atoms with Crippen molar-refractivity contribution in [3.63, 3.8) is 0 Å². The first-order chi connectivity index (χ1) is 8.20. The molecule has 0 N–H and O–H groups in total. The van der Waals surface area contributed by atoms with Crippen molar-refractivity contribution in [2.75, 3.05) is 0 Å². The molecule has 2 nitrogen and oxygen atoms in total. The second kappa shape index (κ2) is 5.15. The van der Waals surface area contributed by atoms with Crippen LogP contribution < -0.4 is 4.74 Å². The zero-order valence-corrected chi connectivity index (χ0v) is 10.9. The topological polar surface area (TPSA) is 26.3 Å². The molecule has 0 atom stereocenters. The highest BCUT2D eigenvalue weighted by Crippen LogP contribution is 2.31. The number of benzene rings is 2. The zero-order valence-electron chi connectivity index (χ0n) is 9.31. The van der Waals surface area contributed by atoms with E-state index in [2.05, 4.69) is 15.9 Å². The molecule has 0 saturated heterocycles. The molecule has 0 aromatic heterocycles. The van der Waals surface area contributed by atoms with Gasteiger partial charge in [0.05, 0.1) is 4.47 Å². The van der Waals surface area contributed by atoms with E-state index < -0.39 is 0 Å². The SMILES string of the molecule is Cc1cccc(Oc2ccc(C=O)cc2)c1Br. The van der Waals surface area contributed by atoms with Gasteiger partial charge in [-0.05, 0) is 58.7 Å². The van der Waals surface area contributed by atoms with Crippen molar-refractivity contribution in [1.82, 2.24) is 0 Å². The van der Waals surface area contributed by atoms with Gasteiger partial charge in [-0.3, -0.25) is 4.79 Å². The molecular weight excluding hydrogens is 280 g/mol. The van der Waals surface area contributed by atoms with Crippen LogP contribution in [0.2, 0.25) is 0 Å². The van der Waals surface area contributed by atoms with Gasteiger partial charge in [0.15, 0.2) is 0 Å². The van der Waals surface area contributed by atoms with Crippen molar-refractivity contribution in [1.29, 1.82) is 0 Å². The van der Waals surface area contributed by atoms with E-state index in [0.29, 0.717) is 11.3 Å². The van der Waals surface area contributed by atoms with Crippen LogP contribution in [0.5, 0.6) is 11.5 Å². The fraction of sp³-hybridized carbons (Fsp3) is 0.0714. The summed E-state index contributed by atoms with van der Waals surface area (Å²) in [5, 5.41) is 0. The van der Waals surface area contributed by atoms with Gasteiger partial charge in [-0.25, -0.2) is 0 Å². The lowest BCUT2D eigenvalue weighted by molar-refractivity contribution is 0.112. The molecule has 86 valence electrons. The molecule has 3 heteroatoms. The summed E-state index contributed by atoms with van der Waals surface area (Å²) in [6.45, 7) is 2.01. The molecule has 0 aliphatic rings. The van der Waals surface area contributed by atoms with Gasteiger partial charge < -0.3 is 4.74 Å². The highest BCUT2D eigenvalue weighted by molar-refractivity contribution is 9.10. The van der Waals surface area contributed by atoms with E-state index in [-0.39, 0.29) is 0 Å². The predicted molar refractivity (Wildman–Crippen MR) is 70.8 cm³/mol. The fourth-order valence-electron chi connectivity index (χ4n) is 1.44. The molecule has 0 aliphatic carbocycles. The van der Waals surface area contributed by atoms with Crippen LogP contribution in [0.25, 0.3) is 0 Å². The van der Waals surface area contributed by atoms with Crippen LogP contribution >= 0.6 is 15.9 Å². The molecule has 0 saturated carbocycles. The summed E-state index contributed by atoms with van der Waals surface area (Å²) in [4.78, 5) is 10.5. The zero-order chi connectivity index (χ0) is 12.3. The van der Waals surface area contributed by atoms with Crippen molar-refractivity contribution in [2.24, 2.45) is 0 Å². The lowest BCUT2D eigenvalue weighted by atomic mass is 10.2. The van der Waals surface area contributed by atoms with Crippen LogP contribution in [-0.4, -0.2) is 6.29 Å². The first-order valence-corrected chi connectivity index (χ1v) is 5.98. The average molecular weight is 291 g/mol. The minimum atomic E-state index is 0.639. The molecule has 17 heavy (non-hydrogen) atoms. The summed E-state index contributed by atoms with van der Waals surface area (Å²) in [6, 6.07) is 12.8. The van der Waals surface area contributed by atoms with E-state index in [0.717, 1.165) is 22.1 Å². The normalized spacial score (nSPS) is 10.0. The number of carbonyl (C=O) groups is 1. The third-order valence-corrected chi connectivity index (χ3v) is 3.42. The lowest BCUT2D eigenvalue weighted by Gasteiger charge is -2.09. The highest BCUT2D eigenvalue weighted by atomic mass is 79.9. The first-order valence-electron chi connectivity index (χ1n) is 5.19. The number of aryl methyl sites for hydroxylation is 1. The molecule has 0 unspecified atom stereocenters. The molecular formula is C14H11BrO2. The maximum absolute atomic E-state index is 10.5. The number of halogens is 1. The Hall–Kier alpha value is -1.61. The summed E-state index contributed by atoms with van der Waals surface area (Å²) in [5.74, 6) is 1.48. The number of aldehydes is 1. The monoisotopic (exact) mass is 290 g/mol. The van der Waals surface area contributed by atoms with Gasteiger partial charge in [-0.15, -0.1) is 0 Å². The van der Waals surface area contributed by atoms with E-state index >= 15 is 0 Å². The average Bonchev–Trinajstić information content (AvgIpc) is 2.36. The molecule has 0 spiro atoms. The van der Waals surface area contributed by atoms with Crippen LogP contribution in [0.15, 0.2) is 46.9 Å². The van der Waals surface area contributed by atoms with Crippen molar-refractivity contribution < 1.29 is 9.53 Å². The molecule has 0 radical (unpaired) electrons. The minimum Gasteiger partial charge on any atom is -0.456 e. The molecule has 0 bridgehead atoms. The number of hydrogen-bond acceptors (Lipinski definition) is 2. The third-order valence-electron chi connectivity index (χ3n) is 2.40. The van der Waals surface area contributed by atoms with Gasteiger partial charge in [0.25, 0.3) is 0 Å². The second-order valence-electron chi connectivity index (χ2n) is 3.68. The van der Waals surface area contributed by atoms with E-state index in [4.69, 9.17) is 4.74 Å². The first kappa shape index (κ1) is 11.9. The summed E-state index contributed by atoms with van der Waals surface area (Å²) in [6.07, 6.45) is 0.812. The predicted octanol–water partition coefficient (Wildman–Crippen LogP) is 4.36. The summed E-state index contributed by atoms with van der Waals surface area (Å²) < 4.78 is 6.67. The van der Waals surface area contributed by atoms with Crippen LogP contribution in [0, 0.1) is 6.92 Å². The number of hydrogen-bond donors (Lipinski definition) is 0. The Morgan fingerprint density at radius 3 is 2.47 bits per heavy atom. The van der Waals surface area contributed by atoms with Crippen molar-refractivity contribution in [3.8, 4) is 11.5 Å². The Balaban J connectivity index is 2.25. The summed E-state index contributed by atoms with van der Waals surface area (Å²) in [5.41, 5.74) is 1.76. The number of ether oxygens (including phenoxy) is 1. The Morgan fingerprint density at radius 1 is 1.12 bits per heavy atom. The maximum Gasteiger partial charge on any atom is 0.150 e. The number of rotatable bonds is 3. The molecule has 0 aliphatic heterocycles. The Kier molecular flexibility index (Phi) is 3.59. The maximum atomic E-state index is 10.5. The van der Waals surface area contributed by atoms with Crippen LogP contribution in [-0.2, 0) is 0 Å². The Bertz CT molecular complexity index is 532. The molecule has 0 amide bonds. The third kappa shape index (κ3) is 2.74. The molecule has 0 fully saturated rings. The molecule has 2 aromatic carbocycles. The molecule has 0 heterocycles. The second-order valence-corrected chi connectivity index (χ2v) is 4.47. The van der Waals surface area contributed by atoms with Gasteiger partial charge in [-0.1, -0.05) is 12.1 Å². The lowest BCUT2D eigenvalue weighted by Crippen LogP contribution is -1.88. The Labute approximate surface area is 108 Å². The molecule has 2 aromatic rings. The van der Waals surface area contributed by atoms with Gasteiger partial charge >= 0.3 is 0 Å². The van der Waals surface area contributed by atoms with Crippen LogP contribution in [0.3, 0.4) is 0 Å². The smallest absolute Gasteiger partial charge is 0.150 e. The largest absolute Gasteiger partial charge is 0.456 e.